The highest BCUT2D eigenvalue weighted by Gasteiger charge is 2.10. The van der Waals surface area contributed by atoms with Crippen LogP contribution in [0.4, 0.5) is 5.69 Å². The zero-order chi connectivity index (χ0) is 13.1. The fourth-order valence-electron chi connectivity index (χ4n) is 1.32. The Morgan fingerprint density at radius 3 is 2.53 bits per heavy atom. The number of ether oxygens (including phenoxy) is 1. The summed E-state index contributed by atoms with van der Waals surface area (Å²) >= 11 is 0. The van der Waals surface area contributed by atoms with Crippen LogP contribution in [-0.4, -0.2) is 27.8 Å². The van der Waals surface area contributed by atoms with Crippen LogP contribution in [-0.2, 0) is 21.3 Å². The number of benzene rings is 1. The van der Waals surface area contributed by atoms with Crippen LogP contribution in [0.3, 0.4) is 0 Å². The second-order valence-corrected chi connectivity index (χ2v) is 5.24. The van der Waals surface area contributed by atoms with Gasteiger partial charge in [-0.3, -0.25) is 4.72 Å². The van der Waals surface area contributed by atoms with Gasteiger partial charge in [0.25, 0.3) is 0 Å². The predicted molar refractivity (Wildman–Crippen MR) is 64.1 cm³/mol. The molecule has 6 nitrogen and oxygen atoms in total. The van der Waals surface area contributed by atoms with E-state index in [2.05, 4.69) is 9.46 Å². The number of hydrogen-bond donors (Lipinski definition) is 2. The summed E-state index contributed by atoms with van der Waals surface area (Å²) in [5.74, 6) is -0.545. The van der Waals surface area contributed by atoms with Crippen molar-refractivity contribution in [3.05, 3.63) is 29.3 Å². The van der Waals surface area contributed by atoms with E-state index in [1.807, 2.05) is 0 Å². The third kappa shape index (κ3) is 4.04. The van der Waals surface area contributed by atoms with Gasteiger partial charge in [0.15, 0.2) is 0 Å². The van der Waals surface area contributed by atoms with Crippen molar-refractivity contribution in [2.75, 3.05) is 18.1 Å². The molecule has 17 heavy (non-hydrogen) atoms. The topological polar surface area (TPSA) is 98.5 Å². The molecule has 0 radical (unpaired) electrons. The molecule has 0 saturated carbocycles. The number of methoxy groups -OCH3 is 1. The molecule has 1 aromatic carbocycles. The molecule has 0 aliphatic rings. The van der Waals surface area contributed by atoms with Gasteiger partial charge in [0.1, 0.15) is 0 Å². The van der Waals surface area contributed by atoms with Gasteiger partial charge in [-0.2, -0.15) is 0 Å². The first-order valence-electron chi connectivity index (χ1n) is 4.76. The van der Waals surface area contributed by atoms with Crippen molar-refractivity contribution >= 4 is 21.7 Å². The number of carbonyl (C=O) groups excluding carboxylic acids is 1. The van der Waals surface area contributed by atoms with Gasteiger partial charge in [0, 0.05) is 12.2 Å². The van der Waals surface area contributed by atoms with Crippen molar-refractivity contribution < 1.29 is 17.9 Å². The largest absolute Gasteiger partial charge is 0.465 e. The van der Waals surface area contributed by atoms with Gasteiger partial charge in [0.2, 0.25) is 10.0 Å². The standard InChI is InChI=1S/C10H14N2O4S/c1-16-10(13)8-3-7(6-11)4-9(5-8)12-17(2,14)15/h3-5,12H,6,11H2,1-2H3. The summed E-state index contributed by atoms with van der Waals surface area (Å²) in [5.41, 5.74) is 6.64. The summed E-state index contributed by atoms with van der Waals surface area (Å²) in [7, 11) is -2.14. The van der Waals surface area contributed by atoms with E-state index in [0.29, 0.717) is 5.56 Å². The molecule has 0 atom stereocenters. The van der Waals surface area contributed by atoms with E-state index < -0.39 is 16.0 Å². The van der Waals surface area contributed by atoms with Gasteiger partial charge < -0.3 is 10.5 Å². The van der Waals surface area contributed by atoms with Crippen LogP contribution in [0.15, 0.2) is 18.2 Å². The summed E-state index contributed by atoms with van der Waals surface area (Å²) in [6, 6.07) is 4.51. The predicted octanol–water partition coefficient (Wildman–Crippen LogP) is 0.303. The summed E-state index contributed by atoms with van der Waals surface area (Å²) in [6.45, 7) is 0.198. The van der Waals surface area contributed by atoms with Gasteiger partial charge in [-0.15, -0.1) is 0 Å². The first-order valence-corrected chi connectivity index (χ1v) is 6.65. The Morgan fingerprint density at radius 2 is 2.06 bits per heavy atom. The second-order valence-electron chi connectivity index (χ2n) is 3.49. The molecule has 0 aliphatic carbocycles. The maximum atomic E-state index is 11.4. The van der Waals surface area contributed by atoms with Crippen molar-refractivity contribution in [3.63, 3.8) is 0 Å². The van der Waals surface area contributed by atoms with Gasteiger partial charge in [-0.05, 0) is 23.8 Å². The maximum absolute atomic E-state index is 11.4. The molecule has 0 unspecified atom stereocenters. The number of nitrogens with one attached hydrogen (secondary N) is 1. The Morgan fingerprint density at radius 1 is 1.41 bits per heavy atom. The number of hydrogen-bond acceptors (Lipinski definition) is 5. The molecule has 0 aromatic heterocycles. The first kappa shape index (κ1) is 13.5. The lowest BCUT2D eigenvalue weighted by atomic mass is 10.1. The van der Waals surface area contributed by atoms with E-state index in [0.717, 1.165) is 6.26 Å². The van der Waals surface area contributed by atoms with E-state index >= 15 is 0 Å². The number of esters is 1. The van der Waals surface area contributed by atoms with Crippen LogP contribution in [0.2, 0.25) is 0 Å². The number of rotatable bonds is 4. The van der Waals surface area contributed by atoms with Crippen molar-refractivity contribution in [3.8, 4) is 0 Å². The van der Waals surface area contributed by atoms with Crippen molar-refractivity contribution in [2.24, 2.45) is 5.73 Å². The molecule has 0 aliphatic heterocycles. The molecule has 0 fully saturated rings. The van der Waals surface area contributed by atoms with E-state index in [1.165, 1.54) is 13.2 Å². The molecule has 7 heteroatoms. The van der Waals surface area contributed by atoms with E-state index in [-0.39, 0.29) is 17.8 Å². The van der Waals surface area contributed by atoms with Gasteiger partial charge >= 0.3 is 5.97 Å². The van der Waals surface area contributed by atoms with Crippen LogP contribution in [0, 0.1) is 0 Å². The Hall–Kier alpha value is -1.60. The first-order chi connectivity index (χ1) is 7.85. The minimum Gasteiger partial charge on any atom is -0.465 e. The zero-order valence-corrected chi connectivity index (χ0v) is 10.4. The Balaban J connectivity index is 3.18. The molecule has 1 rings (SSSR count). The van der Waals surface area contributed by atoms with Crippen molar-refractivity contribution in [1.29, 1.82) is 0 Å². The zero-order valence-electron chi connectivity index (χ0n) is 9.56. The van der Waals surface area contributed by atoms with E-state index in [4.69, 9.17) is 5.73 Å². The van der Waals surface area contributed by atoms with Crippen LogP contribution < -0.4 is 10.5 Å². The fraction of sp³-hybridized carbons (Fsp3) is 0.300. The summed E-state index contributed by atoms with van der Waals surface area (Å²) in [6.07, 6.45) is 1.03. The average molecular weight is 258 g/mol. The number of carbonyl (C=O) groups is 1. The quantitative estimate of drug-likeness (QED) is 0.757. The van der Waals surface area contributed by atoms with Crippen molar-refractivity contribution in [2.45, 2.75) is 6.54 Å². The summed E-state index contributed by atoms with van der Waals surface area (Å²) < 4.78 is 29.0. The maximum Gasteiger partial charge on any atom is 0.337 e. The Kier molecular flexibility index (Phi) is 4.08. The molecule has 3 N–H and O–H groups in total. The molecule has 1 aromatic rings. The smallest absolute Gasteiger partial charge is 0.337 e. The number of nitrogens with two attached hydrogens (primary N) is 1. The van der Waals surface area contributed by atoms with Gasteiger partial charge in [-0.1, -0.05) is 0 Å². The van der Waals surface area contributed by atoms with Crippen LogP contribution >= 0.6 is 0 Å². The molecular weight excluding hydrogens is 244 g/mol. The van der Waals surface area contributed by atoms with Crippen LogP contribution in [0.1, 0.15) is 15.9 Å². The molecule has 0 amide bonds. The summed E-state index contributed by atoms with van der Waals surface area (Å²) in [5, 5.41) is 0. The highest BCUT2D eigenvalue weighted by Crippen LogP contribution is 2.16. The second kappa shape index (κ2) is 5.15. The minimum atomic E-state index is -3.39. The Bertz CT molecular complexity index is 525. The third-order valence-corrected chi connectivity index (χ3v) is 2.56. The molecular formula is C10H14N2O4S. The van der Waals surface area contributed by atoms with Crippen molar-refractivity contribution in [1.82, 2.24) is 0 Å². The van der Waals surface area contributed by atoms with Gasteiger partial charge in [0.05, 0.1) is 18.9 Å². The normalized spacial score (nSPS) is 11.0. The highest BCUT2D eigenvalue weighted by atomic mass is 32.2. The van der Waals surface area contributed by atoms with Gasteiger partial charge in [-0.25, -0.2) is 13.2 Å². The number of sulfonamides is 1. The lowest BCUT2D eigenvalue weighted by molar-refractivity contribution is 0.0600. The lowest BCUT2D eigenvalue weighted by Crippen LogP contribution is -2.12. The average Bonchev–Trinajstić information content (AvgIpc) is 2.25. The molecule has 0 bridgehead atoms. The van der Waals surface area contributed by atoms with E-state index in [9.17, 15) is 13.2 Å². The van der Waals surface area contributed by atoms with E-state index in [1.54, 1.807) is 12.1 Å². The monoisotopic (exact) mass is 258 g/mol. The van der Waals surface area contributed by atoms with Crippen LogP contribution in [0.25, 0.3) is 0 Å². The summed E-state index contributed by atoms with van der Waals surface area (Å²) in [4.78, 5) is 11.4. The van der Waals surface area contributed by atoms with Crippen LogP contribution in [0.5, 0.6) is 0 Å². The SMILES string of the molecule is COC(=O)c1cc(CN)cc(NS(C)(=O)=O)c1. The lowest BCUT2D eigenvalue weighted by Gasteiger charge is -2.08. The minimum absolute atomic E-state index is 0.198. The molecule has 0 saturated heterocycles. The molecule has 0 heterocycles. The molecule has 94 valence electrons. The third-order valence-electron chi connectivity index (χ3n) is 1.95. The number of anilines is 1. The Labute approximate surface area is 99.8 Å². The molecule has 0 spiro atoms. The highest BCUT2D eigenvalue weighted by molar-refractivity contribution is 7.92. The fourth-order valence-corrected chi connectivity index (χ4v) is 1.86.